The normalized spacial score (nSPS) is 12.4. The van der Waals surface area contributed by atoms with Crippen molar-refractivity contribution in [3.63, 3.8) is 0 Å². The maximum atomic E-state index is 12.2. The second kappa shape index (κ2) is 5.96. The molecule has 20 heavy (non-hydrogen) atoms. The molecule has 2 N–H and O–H groups in total. The predicted molar refractivity (Wildman–Crippen MR) is 73.4 cm³/mol. The summed E-state index contributed by atoms with van der Waals surface area (Å²) in [5.41, 5.74) is 0.164. The molecule has 0 saturated heterocycles. The molecule has 7 nitrogen and oxygen atoms in total. The highest BCUT2D eigenvalue weighted by Gasteiger charge is 2.19. The maximum absolute atomic E-state index is 12.2. The maximum Gasteiger partial charge on any atom is 0.272 e. The molecule has 0 spiro atoms. The van der Waals surface area contributed by atoms with Crippen molar-refractivity contribution in [1.82, 2.24) is 30.5 Å². The van der Waals surface area contributed by atoms with Gasteiger partial charge < -0.3 is 5.32 Å². The van der Waals surface area contributed by atoms with Gasteiger partial charge >= 0.3 is 0 Å². The van der Waals surface area contributed by atoms with E-state index < -0.39 is 0 Å². The second-order valence-corrected chi connectivity index (χ2v) is 5.05. The van der Waals surface area contributed by atoms with E-state index in [1.54, 1.807) is 6.92 Å². The van der Waals surface area contributed by atoms with Crippen molar-refractivity contribution in [2.24, 2.45) is 0 Å². The summed E-state index contributed by atoms with van der Waals surface area (Å²) in [6, 6.07) is -0.321. The van der Waals surface area contributed by atoms with Crippen LogP contribution in [0.2, 0.25) is 5.02 Å². The van der Waals surface area contributed by atoms with Crippen LogP contribution in [0.4, 0.5) is 0 Å². The van der Waals surface area contributed by atoms with E-state index in [2.05, 4.69) is 30.5 Å². The summed E-state index contributed by atoms with van der Waals surface area (Å²) in [5, 5.41) is 9.41. The smallest absolute Gasteiger partial charge is 0.272 e. The first kappa shape index (κ1) is 14.4. The molecule has 0 unspecified atom stereocenters. The fourth-order valence-electron chi connectivity index (χ4n) is 1.58. The van der Waals surface area contributed by atoms with Crippen molar-refractivity contribution in [3.8, 4) is 0 Å². The molecule has 2 aromatic rings. The van der Waals surface area contributed by atoms with Gasteiger partial charge in [-0.2, -0.15) is 5.10 Å². The molecule has 2 heterocycles. The second-order valence-electron chi connectivity index (χ2n) is 4.65. The Bertz CT molecular complexity index is 598. The fourth-order valence-corrected chi connectivity index (χ4v) is 1.75. The lowest BCUT2D eigenvalue weighted by atomic mass is 10.2. The Morgan fingerprint density at radius 3 is 2.70 bits per heavy atom. The number of carbonyl (C=O) groups excluding carboxylic acids is 1. The Labute approximate surface area is 121 Å². The van der Waals surface area contributed by atoms with Crippen LogP contribution in [0.3, 0.4) is 0 Å². The van der Waals surface area contributed by atoms with Crippen LogP contribution >= 0.6 is 11.6 Å². The average molecular weight is 295 g/mol. The van der Waals surface area contributed by atoms with Crippen LogP contribution < -0.4 is 5.32 Å². The van der Waals surface area contributed by atoms with E-state index in [0.29, 0.717) is 11.6 Å². The fraction of sp³-hybridized carbons (Fsp3) is 0.417. The first-order valence-corrected chi connectivity index (χ1v) is 6.55. The SMILES string of the molecule is CC(C)c1ncc(Cl)c(C(=O)N[C@H](C)c2ncn[nH]2)n1. The van der Waals surface area contributed by atoms with Gasteiger partial charge in [-0.1, -0.05) is 25.4 Å². The highest BCUT2D eigenvalue weighted by Crippen LogP contribution is 2.17. The lowest BCUT2D eigenvalue weighted by Crippen LogP contribution is -2.29. The quantitative estimate of drug-likeness (QED) is 0.897. The Hall–Kier alpha value is -2.02. The minimum atomic E-state index is -0.372. The number of aromatic amines is 1. The number of aromatic nitrogens is 5. The molecule has 0 aliphatic heterocycles. The van der Waals surface area contributed by atoms with Crippen LogP contribution in [0.1, 0.15) is 54.9 Å². The number of H-pyrrole nitrogens is 1. The van der Waals surface area contributed by atoms with E-state index in [-0.39, 0.29) is 28.6 Å². The van der Waals surface area contributed by atoms with Crippen LogP contribution in [0.15, 0.2) is 12.5 Å². The van der Waals surface area contributed by atoms with Gasteiger partial charge in [-0.3, -0.25) is 9.89 Å². The van der Waals surface area contributed by atoms with E-state index >= 15 is 0 Å². The van der Waals surface area contributed by atoms with Gasteiger partial charge in [-0.25, -0.2) is 15.0 Å². The van der Waals surface area contributed by atoms with Crippen LogP contribution in [-0.2, 0) is 0 Å². The lowest BCUT2D eigenvalue weighted by Gasteiger charge is -2.12. The van der Waals surface area contributed by atoms with Gasteiger partial charge in [0.25, 0.3) is 5.91 Å². The highest BCUT2D eigenvalue weighted by atomic mass is 35.5. The Morgan fingerprint density at radius 2 is 2.10 bits per heavy atom. The van der Waals surface area contributed by atoms with E-state index in [1.807, 2.05) is 13.8 Å². The monoisotopic (exact) mass is 294 g/mol. The van der Waals surface area contributed by atoms with E-state index in [0.717, 1.165) is 0 Å². The van der Waals surface area contributed by atoms with Crippen molar-refractivity contribution < 1.29 is 4.79 Å². The summed E-state index contributed by atoms with van der Waals surface area (Å²) in [7, 11) is 0. The molecule has 0 aliphatic rings. The zero-order valence-corrected chi connectivity index (χ0v) is 12.1. The summed E-state index contributed by atoms with van der Waals surface area (Å²) in [6.45, 7) is 5.68. The predicted octanol–water partition coefficient (Wildman–Crippen LogP) is 1.86. The molecule has 2 rings (SSSR count). The molecule has 0 aliphatic carbocycles. The number of nitrogens with one attached hydrogen (secondary N) is 2. The number of amides is 1. The molecular formula is C12H15ClN6O. The van der Waals surface area contributed by atoms with Gasteiger partial charge in [-0.15, -0.1) is 0 Å². The third kappa shape index (κ3) is 3.11. The number of hydrogen-bond donors (Lipinski definition) is 2. The van der Waals surface area contributed by atoms with Gasteiger partial charge in [0.1, 0.15) is 23.7 Å². The largest absolute Gasteiger partial charge is 0.341 e. The van der Waals surface area contributed by atoms with Gasteiger partial charge in [-0.05, 0) is 6.92 Å². The molecule has 0 fully saturated rings. The first-order valence-electron chi connectivity index (χ1n) is 6.17. The highest BCUT2D eigenvalue weighted by molar-refractivity contribution is 6.33. The third-order valence-electron chi connectivity index (χ3n) is 2.69. The molecule has 1 amide bonds. The minimum absolute atomic E-state index is 0.116. The Kier molecular flexibility index (Phi) is 4.29. The van der Waals surface area contributed by atoms with E-state index in [1.165, 1.54) is 12.5 Å². The summed E-state index contributed by atoms with van der Waals surface area (Å²) in [6.07, 6.45) is 2.82. The Balaban J connectivity index is 2.18. The summed E-state index contributed by atoms with van der Waals surface area (Å²) < 4.78 is 0. The molecule has 0 bridgehead atoms. The summed E-state index contributed by atoms with van der Waals surface area (Å²) >= 11 is 5.98. The topological polar surface area (TPSA) is 96.5 Å². The average Bonchev–Trinajstić information content (AvgIpc) is 2.92. The van der Waals surface area contributed by atoms with Crippen LogP contribution in [0, 0.1) is 0 Å². The first-order chi connectivity index (χ1) is 9.49. The number of nitrogens with zero attached hydrogens (tertiary/aromatic N) is 4. The van der Waals surface area contributed by atoms with Crippen LogP contribution in [0.5, 0.6) is 0 Å². The third-order valence-corrected chi connectivity index (χ3v) is 2.96. The number of rotatable bonds is 4. The van der Waals surface area contributed by atoms with Gasteiger partial charge in [0.15, 0.2) is 0 Å². The van der Waals surface area contributed by atoms with Crippen molar-refractivity contribution in [2.45, 2.75) is 32.7 Å². The van der Waals surface area contributed by atoms with Crippen molar-refractivity contribution >= 4 is 17.5 Å². The molecule has 1 atom stereocenters. The molecular weight excluding hydrogens is 280 g/mol. The Morgan fingerprint density at radius 1 is 1.35 bits per heavy atom. The van der Waals surface area contributed by atoms with Crippen LogP contribution in [-0.4, -0.2) is 31.1 Å². The molecule has 106 valence electrons. The molecule has 0 saturated carbocycles. The molecule has 0 radical (unpaired) electrons. The lowest BCUT2D eigenvalue weighted by molar-refractivity contribution is 0.0933. The molecule has 0 aromatic carbocycles. The van der Waals surface area contributed by atoms with E-state index in [9.17, 15) is 4.79 Å². The number of halogens is 1. The van der Waals surface area contributed by atoms with Gasteiger partial charge in [0, 0.05) is 5.92 Å². The van der Waals surface area contributed by atoms with Gasteiger partial charge in [0.05, 0.1) is 17.3 Å². The summed E-state index contributed by atoms with van der Waals surface area (Å²) in [5.74, 6) is 0.883. The van der Waals surface area contributed by atoms with Crippen LogP contribution in [0.25, 0.3) is 0 Å². The molecule has 2 aromatic heterocycles. The standard InChI is InChI=1S/C12H15ClN6O/c1-6(2)10-14-4-8(13)9(18-10)12(20)17-7(3)11-15-5-16-19-11/h4-7H,1-3H3,(H,17,20)(H,15,16,19)/t7-/m1/s1. The minimum Gasteiger partial charge on any atom is -0.341 e. The molecule has 8 heteroatoms. The van der Waals surface area contributed by atoms with Crippen molar-refractivity contribution in [3.05, 3.63) is 34.9 Å². The summed E-state index contributed by atoms with van der Waals surface area (Å²) in [4.78, 5) is 24.5. The zero-order valence-electron chi connectivity index (χ0n) is 11.4. The van der Waals surface area contributed by atoms with Crippen molar-refractivity contribution in [2.75, 3.05) is 0 Å². The number of carbonyl (C=O) groups is 1. The van der Waals surface area contributed by atoms with Gasteiger partial charge in [0.2, 0.25) is 0 Å². The number of hydrogen-bond acceptors (Lipinski definition) is 5. The van der Waals surface area contributed by atoms with Crippen molar-refractivity contribution in [1.29, 1.82) is 0 Å². The van der Waals surface area contributed by atoms with E-state index in [4.69, 9.17) is 11.6 Å². The zero-order chi connectivity index (χ0) is 14.7.